The monoisotopic (exact) mass is 359 g/mol. The van der Waals surface area contributed by atoms with Gasteiger partial charge in [-0.05, 0) is 18.6 Å². The van der Waals surface area contributed by atoms with E-state index in [0.29, 0.717) is 18.3 Å². The first-order chi connectivity index (χ1) is 12.6. The van der Waals surface area contributed by atoms with Gasteiger partial charge in [-0.15, -0.1) is 0 Å². The van der Waals surface area contributed by atoms with Crippen LogP contribution in [0, 0.1) is 0 Å². The van der Waals surface area contributed by atoms with Gasteiger partial charge >= 0.3 is 5.69 Å². The van der Waals surface area contributed by atoms with E-state index >= 15 is 0 Å². The molecule has 0 spiro atoms. The minimum Gasteiger partial charge on any atom is -0.367 e. The number of carbonyl (C=O) groups is 2. The summed E-state index contributed by atoms with van der Waals surface area (Å²) in [4.78, 5) is 38.4. The third-order valence-electron chi connectivity index (χ3n) is 4.92. The molecule has 2 N–H and O–H groups in total. The van der Waals surface area contributed by atoms with E-state index in [4.69, 9.17) is 0 Å². The van der Waals surface area contributed by atoms with E-state index in [1.54, 1.807) is 11.6 Å². The van der Waals surface area contributed by atoms with Gasteiger partial charge in [-0.1, -0.05) is 19.4 Å². The zero-order valence-corrected chi connectivity index (χ0v) is 15.2. The van der Waals surface area contributed by atoms with Crippen LogP contribution in [-0.4, -0.2) is 47.6 Å². The predicted molar refractivity (Wildman–Crippen MR) is 100 cm³/mol. The molecule has 140 valence electrons. The number of para-hydroxylation sites is 1. The number of aromatic nitrogens is 2. The highest BCUT2D eigenvalue weighted by atomic mass is 16.2. The quantitative estimate of drug-likeness (QED) is 0.728. The molecular weight excluding hydrogens is 334 g/mol. The van der Waals surface area contributed by atoms with E-state index in [1.807, 2.05) is 25.1 Å². The summed E-state index contributed by atoms with van der Waals surface area (Å²) >= 11 is 0. The maximum Gasteiger partial charge on any atom is 0.329 e. The Hall–Kier alpha value is -2.61. The fraction of sp³-hybridized carbons (Fsp3) is 0.500. The van der Waals surface area contributed by atoms with Gasteiger partial charge in [0.2, 0.25) is 12.3 Å². The van der Waals surface area contributed by atoms with E-state index in [0.717, 1.165) is 43.8 Å². The Kier molecular flexibility index (Phi) is 5.41. The summed E-state index contributed by atoms with van der Waals surface area (Å²) in [6.45, 7) is 5.46. The molecular formula is C18H25N5O3. The number of imidazole rings is 1. The molecule has 2 amide bonds. The topological polar surface area (TPSA) is 88.4 Å². The van der Waals surface area contributed by atoms with E-state index in [9.17, 15) is 14.4 Å². The highest BCUT2D eigenvalue weighted by Gasteiger charge is 2.26. The number of hydrogen-bond donors (Lipinski definition) is 2. The average molecular weight is 359 g/mol. The van der Waals surface area contributed by atoms with Gasteiger partial charge in [0.25, 0.3) is 0 Å². The Bertz CT molecular complexity index is 864. The van der Waals surface area contributed by atoms with Crippen molar-refractivity contribution in [2.24, 2.45) is 7.05 Å². The smallest absolute Gasteiger partial charge is 0.329 e. The molecule has 2 heterocycles. The number of anilines is 1. The van der Waals surface area contributed by atoms with E-state index in [2.05, 4.69) is 15.5 Å². The highest BCUT2D eigenvalue weighted by molar-refractivity contribution is 5.93. The molecule has 8 heteroatoms. The molecule has 1 saturated heterocycles. The minimum absolute atomic E-state index is 0.248. The van der Waals surface area contributed by atoms with Crippen LogP contribution in [0.1, 0.15) is 25.8 Å². The Balaban J connectivity index is 2.17. The lowest BCUT2D eigenvalue weighted by Crippen LogP contribution is -2.43. The summed E-state index contributed by atoms with van der Waals surface area (Å²) in [6.07, 6.45) is 1.57. The summed E-state index contributed by atoms with van der Waals surface area (Å²) in [5, 5.41) is 5.53. The number of piperazine rings is 1. The van der Waals surface area contributed by atoms with Gasteiger partial charge in [-0.25, -0.2) is 4.79 Å². The summed E-state index contributed by atoms with van der Waals surface area (Å²) in [5.74, 6) is -0.455. The van der Waals surface area contributed by atoms with Gasteiger partial charge in [0.15, 0.2) is 0 Å². The third kappa shape index (κ3) is 3.12. The van der Waals surface area contributed by atoms with Gasteiger partial charge in [0, 0.05) is 33.2 Å². The van der Waals surface area contributed by atoms with Crippen molar-refractivity contribution in [3.63, 3.8) is 0 Å². The van der Waals surface area contributed by atoms with Gasteiger partial charge in [-0.2, -0.15) is 0 Å². The molecule has 2 aromatic rings. The van der Waals surface area contributed by atoms with Crippen LogP contribution < -0.4 is 21.2 Å². The van der Waals surface area contributed by atoms with Crippen molar-refractivity contribution in [2.75, 3.05) is 31.1 Å². The number of nitrogens with one attached hydrogen (secondary N) is 2. The fourth-order valence-electron chi connectivity index (χ4n) is 3.69. The standard InChI is InChI=1S/C18H25N5O3/c1-3-5-15(17(25)20-12-24)23-14-7-4-6-13(16(14)21(2)18(23)26)22-10-8-19-9-11-22/h4,6-7,12,15,19H,3,5,8-11H2,1-2H3,(H,20,24,25). The second kappa shape index (κ2) is 7.74. The lowest BCUT2D eigenvalue weighted by molar-refractivity contribution is -0.128. The molecule has 1 aliphatic heterocycles. The normalized spacial score (nSPS) is 15.8. The third-order valence-corrected chi connectivity index (χ3v) is 4.92. The van der Waals surface area contributed by atoms with Crippen LogP contribution in [0.5, 0.6) is 0 Å². The maximum absolute atomic E-state index is 13.0. The number of fused-ring (bicyclic) bond motifs is 1. The number of rotatable bonds is 6. The number of carbonyl (C=O) groups excluding carboxylic acids is 2. The van der Waals surface area contributed by atoms with Crippen molar-refractivity contribution in [2.45, 2.75) is 25.8 Å². The number of amides is 2. The molecule has 0 aliphatic carbocycles. The second-order valence-corrected chi connectivity index (χ2v) is 6.52. The Morgan fingerprint density at radius 1 is 1.35 bits per heavy atom. The van der Waals surface area contributed by atoms with Crippen molar-refractivity contribution < 1.29 is 9.59 Å². The summed E-state index contributed by atoms with van der Waals surface area (Å²) in [6, 6.07) is 5.08. The van der Waals surface area contributed by atoms with Crippen LogP contribution >= 0.6 is 0 Å². The highest BCUT2D eigenvalue weighted by Crippen LogP contribution is 2.28. The second-order valence-electron chi connectivity index (χ2n) is 6.52. The fourth-order valence-corrected chi connectivity index (χ4v) is 3.69. The van der Waals surface area contributed by atoms with Crippen LogP contribution in [0.4, 0.5) is 5.69 Å². The SMILES string of the molecule is CCCC(C(=O)NC=O)n1c(=O)n(C)c2c(N3CCNCC3)cccc21. The van der Waals surface area contributed by atoms with Gasteiger partial charge in [0.1, 0.15) is 6.04 Å². The molecule has 1 atom stereocenters. The van der Waals surface area contributed by atoms with Crippen LogP contribution in [-0.2, 0) is 16.6 Å². The van der Waals surface area contributed by atoms with Gasteiger partial charge < -0.3 is 10.2 Å². The van der Waals surface area contributed by atoms with Crippen LogP contribution in [0.2, 0.25) is 0 Å². The molecule has 1 aliphatic rings. The lowest BCUT2D eigenvalue weighted by atomic mass is 10.1. The van der Waals surface area contributed by atoms with Crippen LogP contribution in [0.25, 0.3) is 11.0 Å². The lowest BCUT2D eigenvalue weighted by Gasteiger charge is -2.30. The van der Waals surface area contributed by atoms with Crippen LogP contribution in [0.15, 0.2) is 23.0 Å². The number of benzene rings is 1. The molecule has 26 heavy (non-hydrogen) atoms. The summed E-state index contributed by atoms with van der Waals surface area (Å²) < 4.78 is 3.12. The zero-order chi connectivity index (χ0) is 18.7. The number of nitrogens with zero attached hydrogens (tertiary/aromatic N) is 3. The molecule has 0 radical (unpaired) electrons. The Labute approximate surface area is 151 Å². The summed E-state index contributed by atoms with van der Waals surface area (Å²) in [5.41, 5.74) is 2.28. The first-order valence-electron chi connectivity index (χ1n) is 8.99. The Morgan fingerprint density at radius 2 is 2.08 bits per heavy atom. The van der Waals surface area contributed by atoms with E-state index in [1.165, 1.54) is 4.57 Å². The minimum atomic E-state index is -0.709. The predicted octanol–water partition coefficient (Wildman–Crippen LogP) is 0.363. The molecule has 3 rings (SSSR count). The van der Waals surface area contributed by atoms with E-state index in [-0.39, 0.29) is 5.69 Å². The molecule has 1 aromatic heterocycles. The maximum atomic E-state index is 13.0. The molecule has 1 aromatic carbocycles. The molecule has 8 nitrogen and oxygen atoms in total. The summed E-state index contributed by atoms with van der Waals surface area (Å²) in [7, 11) is 1.73. The zero-order valence-electron chi connectivity index (χ0n) is 15.2. The molecule has 0 bridgehead atoms. The van der Waals surface area contributed by atoms with Crippen molar-refractivity contribution in [3.8, 4) is 0 Å². The van der Waals surface area contributed by atoms with Crippen molar-refractivity contribution in [1.82, 2.24) is 19.8 Å². The van der Waals surface area contributed by atoms with Gasteiger partial charge in [0.05, 0.1) is 16.7 Å². The van der Waals surface area contributed by atoms with Crippen molar-refractivity contribution >= 4 is 29.0 Å². The number of hydrogen-bond acceptors (Lipinski definition) is 5. The Morgan fingerprint density at radius 3 is 2.73 bits per heavy atom. The first-order valence-corrected chi connectivity index (χ1v) is 8.99. The van der Waals surface area contributed by atoms with Gasteiger partial charge in [-0.3, -0.25) is 24.0 Å². The molecule has 1 fully saturated rings. The van der Waals surface area contributed by atoms with Crippen molar-refractivity contribution in [1.29, 1.82) is 0 Å². The number of aryl methyl sites for hydroxylation is 1. The first kappa shape index (κ1) is 18.2. The average Bonchev–Trinajstić information content (AvgIpc) is 2.91. The molecule has 0 saturated carbocycles. The van der Waals surface area contributed by atoms with Crippen LogP contribution in [0.3, 0.4) is 0 Å². The largest absolute Gasteiger partial charge is 0.367 e. The number of imide groups is 1. The van der Waals surface area contributed by atoms with E-state index < -0.39 is 11.9 Å². The molecule has 1 unspecified atom stereocenters. The van der Waals surface area contributed by atoms with Crippen molar-refractivity contribution in [3.05, 3.63) is 28.7 Å².